The lowest BCUT2D eigenvalue weighted by Crippen LogP contribution is -2.36. The van der Waals surface area contributed by atoms with Gasteiger partial charge in [-0.1, -0.05) is 18.2 Å². The Labute approximate surface area is 170 Å². The normalized spacial score (nSPS) is 13.8. The second kappa shape index (κ2) is 10.0. The van der Waals surface area contributed by atoms with Gasteiger partial charge in [-0.05, 0) is 55.2 Å². The fraction of sp³-hybridized carbons (Fsp3) is 0.364. The van der Waals surface area contributed by atoms with E-state index in [2.05, 4.69) is 39.8 Å². The molecule has 1 saturated heterocycles. The number of halogens is 1. The molecule has 2 amide bonds. The summed E-state index contributed by atoms with van der Waals surface area (Å²) < 4.78 is 18.9. The number of anilines is 2. The largest absolute Gasteiger partial charge is 0.378 e. The van der Waals surface area contributed by atoms with Crippen LogP contribution in [0.2, 0.25) is 0 Å². The molecule has 0 unspecified atom stereocenters. The molecule has 1 heterocycles. The van der Waals surface area contributed by atoms with Crippen LogP contribution in [0.15, 0.2) is 42.5 Å². The summed E-state index contributed by atoms with van der Waals surface area (Å²) in [4.78, 5) is 26.1. The number of benzene rings is 2. The van der Waals surface area contributed by atoms with Crippen LogP contribution in [0.4, 0.5) is 15.8 Å². The summed E-state index contributed by atoms with van der Waals surface area (Å²) in [5, 5.41) is 5.00. The van der Waals surface area contributed by atoms with E-state index in [1.165, 1.54) is 17.3 Å². The average molecular weight is 399 g/mol. The van der Waals surface area contributed by atoms with Gasteiger partial charge < -0.3 is 20.3 Å². The van der Waals surface area contributed by atoms with E-state index in [0.29, 0.717) is 12.1 Å². The van der Waals surface area contributed by atoms with Crippen molar-refractivity contribution in [1.82, 2.24) is 5.32 Å². The summed E-state index contributed by atoms with van der Waals surface area (Å²) in [6, 6.07) is 12.7. The highest BCUT2D eigenvalue weighted by Crippen LogP contribution is 2.17. The van der Waals surface area contributed by atoms with Gasteiger partial charge in [0, 0.05) is 31.0 Å². The Balaban J connectivity index is 1.38. The molecule has 1 aliphatic rings. The maximum Gasteiger partial charge on any atom is 0.313 e. The average Bonchev–Trinajstić information content (AvgIpc) is 2.74. The van der Waals surface area contributed by atoms with Crippen LogP contribution in [-0.4, -0.2) is 44.7 Å². The van der Waals surface area contributed by atoms with Crippen LogP contribution in [0.1, 0.15) is 17.5 Å². The van der Waals surface area contributed by atoms with Crippen molar-refractivity contribution in [3.05, 3.63) is 59.4 Å². The van der Waals surface area contributed by atoms with E-state index in [1.807, 2.05) is 0 Å². The Morgan fingerprint density at radius 2 is 1.79 bits per heavy atom. The van der Waals surface area contributed by atoms with Crippen LogP contribution in [-0.2, 0) is 20.7 Å². The molecule has 154 valence electrons. The summed E-state index contributed by atoms with van der Waals surface area (Å²) in [6.07, 6.45) is 1.52. The molecule has 2 aromatic carbocycles. The second-order valence-electron chi connectivity index (χ2n) is 7.04. The molecular weight excluding hydrogens is 373 g/mol. The Morgan fingerprint density at radius 3 is 2.48 bits per heavy atom. The molecule has 0 bridgehead atoms. The molecule has 1 aliphatic heterocycles. The number of aryl methyl sites for hydroxylation is 2. The minimum absolute atomic E-state index is 0.258. The first-order chi connectivity index (χ1) is 14.0. The zero-order valence-corrected chi connectivity index (χ0v) is 16.5. The summed E-state index contributed by atoms with van der Waals surface area (Å²) in [6.45, 7) is 5.34. The smallest absolute Gasteiger partial charge is 0.313 e. The zero-order valence-electron chi connectivity index (χ0n) is 16.5. The van der Waals surface area contributed by atoms with Gasteiger partial charge in [0.25, 0.3) is 0 Å². The lowest BCUT2D eigenvalue weighted by Gasteiger charge is -2.28. The molecule has 0 radical (unpaired) electrons. The molecular formula is C22H26FN3O3. The predicted molar refractivity (Wildman–Crippen MR) is 111 cm³/mol. The molecule has 1 fully saturated rings. The van der Waals surface area contributed by atoms with Crippen molar-refractivity contribution in [1.29, 1.82) is 0 Å². The van der Waals surface area contributed by atoms with Crippen molar-refractivity contribution >= 4 is 23.2 Å². The van der Waals surface area contributed by atoms with Crippen molar-refractivity contribution in [2.24, 2.45) is 0 Å². The molecule has 2 aromatic rings. The minimum Gasteiger partial charge on any atom is -0.378 e. The van der Waals surface area contributed by atoms with Crippen molar-refractivity contribution in [3.63, 3.8) is 0 Å². The van der Waals surface area contributed by atoms with Gasteiger partial charge in [-0.3, -0.25) is 9.59 Å². The number of nitrogens with zero attached hydrogens (tertiary/aromatic N) is 1. The van der Waals surface area contributed by atoms with E-state index < -0.39 is 17.6 Å². The van der Waals surface area contributed by atoms with Crippen molar-refractivity contribution in [2.45, 2.75) is 19.8 Å². The monoisotopic (exact) mass is 399 g/mol. The van der Waals surface area contributed by atoms with Crippen LogP contribution in [0, 0.1) is 12.7 Å². The molecule has 0 aliphatic carbocycles. The van der Waals surface area contributed by atoms with Gasteiger partial charge in [-0.2, -0.15) is 0 Å². The van der Waals surface area contributed by atoms with Gasteiger partial charge in [-0.25, -0.2) is 4.39 Å². The molecule has 7 heteroatoms. The molecule has 0 saturated carbocycles. The van der Waals surface area contributed by atoms with Gasteiger partial charge in [-0.15, -0.1) is 0 Å². The van der Waals surface area contributed by atoms with E-state index in [4.69, 9.17) is 4.74 Å². The Morgan fingerprint density at radius 1 is 1.07 bits per heavy atom. The molecule has 0 spiro atoms. The Bertz CT molecular complexity index is 849. The quantitative estimate of drug-likeness (QED) is 0.579. The first-order valence-corrected chi connectivity index (χ1v) is 9.80. The van der Waals surface area contributed by atoms with Gasteiger partial charge in [0.15, 0.2) is 0 Å². The van der Waals surface area contributed by atoms with Gasteiger partial charge in [0.1, 0.15) is 5.82 Å². The fourth-order valence-corrected chi connectivity index (χ4v) is 3.13. The van der Waals surface area contributed by atoms with Gasteiger partial charge in [0.2, 0.25) is 0 Å². The topological polar surface area (TPSA) is 70.7 Å². The standard InChI is InChI=1S/C22H26FN3O3/c1-16-4-7-18(15-20(16)23)25-22(28)21(27)24-10-2-3-17-5-8-19(9-6-17)26-11-13-29-14-12-26/h4-9,15H,2-3,10-14H2,1H3,(H,24,27)(H,25,28). The summed E-state index contributed by atoms with van der Waals surface area (Å²) in [5.74, 6) is -1.96. The number of nitrogens with one attached hydrogen (secondary N) is 2. The number of morpholine rings is 1. The van der Waals surface area contributed by atoms with Crippen LogP contribution >= 0.6 is 0 Å². The number of ether oxygens (including phenoxy) is 1. The van der Waals surface area contributed by atoms with E-state index in [-0.39, 0.29) is 5.69 Å². The van der Waals surface area contributed by atoms with Gasteiger partial charge >= 0.3 is 11.8 Å². The molecule has 0 atom stereocenters. The van der Waals surface area contributed by atoms with Crippen LogP contribution in [0.3, 0.4) is 0 Å². The maximum absolute atomic E-state index is 13.5. The maximum atomic E-state index is 13.5. The molecule has 6 nitrogen and oxygen atoms in total. The molecule has 2 N–H and O–H groups in total. The van der Waals surface area contributed by atoms with E-state index in [0.717, 1.165) is 39.1 Å². The van der Waals surface area contributed by atoms with Crippen LogP contribution in [0.25, 0.3) is 0 Å². The fourth-order valence-electron chi connectivity index (χ4n) is 3.13. The summed E-state index contributed by atoms with van der Waals surface area (Å²) >= 11 is 0. The Kier molecular flexibility index (Phi) is 7.19. The number of hydrogen-bond donors (Lipinski definition) is 2. The molecule has 3 rings (SSSR count). The SMILES string of the molecule is Cc1ccc(NC(=O)C(=O)NCCCc2ccc(N3CCOCC3)cc2)cc1F. The van der Waals surface area contributed by atoms with E-state index >= 15 is 0 Å². The highest BCUT2D eigenvalue weighted by Gasteiger charge is 2.14. The van der Waals surface area contributed by atoms with Crippen molar-refractivity contribution in [2.75, 3.05) is 43.1 Å². The third-order valence-corrected chi connectivity index (χ3v) is 4.88. The molecule has 29 heavy (non-hydrogen) atoms. The van der Waals surface area contributed by atoms with Crippen LogP contribution in [0.5, 0.6) is 0 Å². The van der Waals surface area contributed by atoms with Gasteiger partial charge in [0.05, 0.1) is 13.2 Å². The number of rotatable bonds is 6. The van der Waals surface area contributed by atoms with E-state index in [1.54, 1.807) is 19.1 Å². The highest BCUT2D eigenvalue weighted by atomic mass is 19.1. The van der Waals surface area contributed by atoms with Crippen LogP contribution < -0.4 is 15.5 Å². The Hall–Kier alpha value is -2.93. The highest BCUT2D eigenvalue weighted by molar-refractivity contribution is 6.39. The lowest BCUT2D eigenvalue weighted by molar-refractivity contribution is -0.136. The first kappa shape index (κ1) is 20.8. The lowest BCUT2D eigenvalue weighted by atomic mass is 10.1. The number of amides is 2. The predicted octanol–water partition coefficient (Wildman–Crippen LogP) is 2.66. The number of hydrogen-bond acceptors (Lipinski definition) is 4. The number of carbonyl (C=O) groups is 2. The third-order valence-electron chi connectivity index (χ3n) is 4.88. The van der Waals surface area contributed by atoms with Crippen molar-refractivity contribution in [3.8, 4) is 0 Å². The molecule has 0 aromatic heterocycles. The zero-order chi connectivity index (χ0) is 20.6. The summed E-state index contributed by atoms with van der Waals surface area (Å²) in [5.41, 5.74) is 3.10. The minimum atomic E-state index is -0.803. The van der Waals surface area contributed by atoms with Crippen molar-refractivity contribution < 1.29 is 18.7 Å². The second-order valence-corrected chi connectivity index (χ2v) is 7.04. The first-order valence-electron chi connectivity index (χ1n) is 9.80. The summed E-state index contributed by atoms with van der Waals surface area (Å²) in [7, 11) is 0. The number of carbonyl (C=O) groups excluding carboxylic acids is 2. The third kappa shape index (κ3) is 6.02. The van der Waals surface area contributed by atoms with E-state index in [9.17, 15) is 14.0 Å².